The predicted molar refractivity (Wildman–Crippen MR) is 124 cm³/mol. The number of ether oxygens (including phenoxy) is 1. The Kier molecular flexibility index (Phi) is 8.12. The SMILES string of the molecule is COc1ccc(C#N)cc1[C@H](C)Nc1ncc(C(=O)NC[C@H]2CC[C@H](C(=O)O)CC2)cc1Cl. The van der Waals surface area contributed by atoms with Gasteiger partial charge >= 0.3 is 5.97 Å². The third-order valence-electron chi connectivity index (χ3n) is 6.03. The van der Waals surface area contributed by atoms with Gasteiger partial charge in [-0.3, -0.25) is 9.59 Å². The molecule has 3 rings (SSSR count). The Morgan fingerprint density at radius 2 is 2.03 bits per heavy atom. The second kappa shape index (κ2) is 11.0. The topological polar surface area (TPSA) is 124 Å². The number of benzene rings is 1. The van der Waals surface area contributed by atoms with Gasteiger partial charge in [0, 0.05) is 18.3 Å². The number of pyridine rings is 1. The molecule has 0 saturated heterocycles. The van der Waals surface area contributed by atoms with Crippen molar-refractivity contribution in [2.45, 2.75) is 38.6 Å². The summed E-state index contributed by atoms with van der Waals surface area (Å²) >= 11 is 6.39. The number of hydrogen-bond donors (Lipinski definition) is 3. The number of nitrogens with one attached hydrogen (secondary N) is 2. The summed E-state index contributed by atoms with van der Waals surface area (Å²) < 4.78 is 5.39. The van der Waals surface area contributed by atoms with E-state index in [2.05, 4.69) is 21.7 Å². The number of anilines is 1. The van der Waals surface area contributed by atoms with Crippen LogP contribution in [0.25, 0.3) is 0 Å². The summed E-state index contributed by atoms with van der Waals surface area (Å²) in [5, 5.41) is 24.7. The molecule has 1 amide bonds. The molecule has 1 aliphatic carbocycles. The lowest BCUT2D eigenvalue weighted by molar-refractivity contribution is -0.143. The van der Waals surface area contributed by atoms with Gasteiger partial charge < -0.3 is 20.5 Å². The molecule has 0 bridgehead atoms. The molecule has 33 heavy (non-hydrogen) atoms. The number of nitriles is 1. The van der Waals surface area contributed by atoms with Crippen LogP contribution in [0.15, 0.2) is 30.5 Å². The van der Waals surface area contributed by atoms with Gasteiger partial charge in [-0.15, -0.1) is 0 Å². The number of rotatable bonds is 8. The van der Waals surface area contributed by atoms with E-state index >= 15 is 0 Å². The summed E-state index contributed by atoms with van der Waals surface area (Å²) in [6, 6.07) is 8.59. The highest BCUT2D eigenvalue weighted by atomic mass is 35.5. The average molecular weight is 471 g/mol. The van der Waals surface area contributed by atoms with E-state index < -0.39 is 5.97 Å². The van der Waals surface area contributed by atoms with E-state index in [1.54, 1.807) is 31.4 Å². The molecule has 8 nitrogen and oxygen atoms in total. The van der Waals surface area contributed by atoms with Crippen LogP contribution < -0.4 is 15.4 Å². The zero-order valence-corrected chi connectivity index (χ0v) is 19.4. The Morgan fingerprint density at radius 1 is 1.30 bits per heavy atom. The minimum Gasteiger partial charge on any atom is -0.496 e. The van der Waals surface area contributed by atoms with Crippen LogP contribution in [0.5, 0.6) is 5.75 Å². The van der Waals surface area contributed by atoms with Crippen molar-refractivity contribution < 1.29 is 19.4 Å². The number of aliphatic carboxylic acids is 1. The summed E-state index contributed by atoms with van der Waals surface area (Å²) in [6.45, 7) is 2.39. The van der Waals surface area contributed by atoms with Gasteiger partial charge in [0.25, 0.3) is 5.91 Å². The molecule has 1 fully saturated rings. The number of carbonyl (C=O) groups excluding carboxylic acids is 1. The van der Waals surface area contributed by atoms with Crippen molar-refractivity contribution in [3.63, 3.8) is 0 Å². The van der Waals surface area contributed by atoms with Crippen molar-refractivity contribution in [1.82, 2.24) is 10.3 Å². The van der Waals surface area contributed by atoms with Crippen LogP contribution in [0.4, 0.5) is 5.82 Å². The Labute approximate surface area is 197 Å². The molecule has 9 heteroatoms. The number of nitrogens with zero attached hydrogens (tertiary/aromatic N) is 2. The van der Waals surface area contributed by atoms with Crippen molar-refractivity contribution >= 4 is 29.3 Å². The summed E-state index contributed by atoms with van der Waals surface area (Å²) in [5.41, 5.74) is 1.65. The van der Waals surface area contributed by atoms with Gasteiger partial charge in [0.1, 0.15) is 11.6 Å². The molecule has 3 N–H and O–H groups in total. The zero-order valence-electron chi connectivity index (χ0n) is 18.6. The number of carboxylic acid groups (broad SMARTS) is 1. The number of hydrogen-bond acceptors (Lipinski definition) is 6. The van der Waals surface area contributed by atoms with Crippen LogP contribution in [0, 0.1) is 23.2 Å². The quantitative estimate of drug-likeness (QED) is 0.521. The molecule has 1 aromatic heterocycles. The molecule has 0 radical (unpaired) electrons. The first kappa shape index (κ1) is 24.3. The molecule has 0 spiro atoms. The number of methoxy groups -OCH3 is 1. The molecular formula is C24H27ClN4O4. The molecule has 1 aliphatic rings. The van der Waals surface area contributed by atoms with Crippen molar-refractivity contribution in [2.24, 2.45) is 11.8 Å². The first-order valence-corrected chi connectivity index (χ1v) is 11.2. The highest BCUT2D eigenvalue weighted by molar-refractivity contribution is 6.33. The number of carboxylic acids is 1. The maximum atomic E-state index is 12.5. The lowest BCUT2D eigenvalue weighted by Crippen LogP contribution is -2.32. The van der Waals surface area contributed by atoms with Crippen LogP contribution in [-0.2, 0) is 4.79 Å². The van der Waals surface area contributed by atoms with Gasteiger partial charge in [0.2, 0.25) is 0 Å². The fourth-order valence-corrected chi connectivity index (χ4v) is 4.27. The Morgan fingerprint density at radius 3 is 2.64 bits per heavy atom. The molecule has 0 unspecified atom stereocenters. The van der Waals surface area contributed by atoms with Crippen molar-refractivity contribution in [1.29, 1.82) is 5.26 Å². The second-order valence-electron chi connectivity index (χ2n) is 8.25. The van der Waals surface area contributed by atoms with Crippen LogP contribution in [-0.4, -0.2) is 35.6 Å². The standard InChI is InChI=1S/C24H27ClN4O4/c1-14(19-9-16(11-26)5-8-21(19)33-2)29-22-20(25)10-18(13-27-22)23(30)28-12-15-3-6-17(7-4-15)24(31)32/h5,8-10,13-15,17H,3-4,6-7,12H2,1-2H3,(H,27,29)(H,28,30)(H,31,32)/t14-,15-,17-/m0/s1. The summed E-state index contributed by atoms with van der Waals surface area (Å²) in [7, 11) is 1.56. The largest absolute Gasteiger partial charge is 0.496 e. The van der Waals surface area contributed by atoms with E-state index in [1.165, 1.54) is 6.20 Å². The first-order valence-electron chi connectivity index (χ1n) is 10.8. The molecule has 2 aromatic rings. The molecule has 0 aliphatic heterocycles. The molecule has 174 valence electrons. The number of aromatic nitrogens is 1. The van der Waals surface area contributed by atoms with Gasteiger partial charge in [-0.05, 0) is 62.8 Å². The average Bonchev–Trinajstić information content (AvgIpc) is 2.83. The van der Waals surface area contributed by atoms with Gasteiger partial charge in [0.15, 0.2) is 0 Å². The van der Waals surface area contributed by atoms with Crippen LogP contribution in [0.3, 0.4) is 0 Å². The number of halogens is 1. The van der Waals surface area contributed by atoms with Gasteiger partial charge in [-0.1, -0.05) is 11.6 Å². The van der Waals surface area contributed by atoms with Crippen LogP contribution in [0.1, 0.15) is 60.1 Å². The van der Waals surface area contributed by atoms with Crippen LogP contribution in [0.2, 0.25) is 5.02 Å². The minimum atomic E-state index is -0.738. The van der Waals surface area contributed by atoms with Gasteiger partial charge in [-0.25, -0.2) is 4.98 Å². The summed E-state index contributed by atoms with van der Waals surface area (Å²) in [5.74, 6) is 0.0412. The monoisotopic (exact) mass is 470 g/mol. The lowest BCUT2D eigenvalue weighted by atomic mass is 9.82. The lowest BCUT2D eigenvalue weighted by Gasteiger charge is -2.26. The van der Waals surface area contributed by atoms with Crippen LogP contribution >= 0.6 is 11.6 Å². The third-order valence-corrected chi connectivity index (χ3v) is 6.32. The smallest absolute Gasteiger partial charge is 0.306 e. The highest BCUT2D eigenvalue weighted by Gasteiger charge is 2.26. The van der Waals surface area contributed by atoms with Gasteiger partial charge in [0.05, 0.1) is 41.3 Å². The maximum absolute atomic E-state index is 12.5. The molecule has 1 atom stereocenters. The Hall–Kier alpha value is -3.31. The van der Waals surface area contributed by atoms with E-state index in [0.717, 1.165) is 18.4 Å². The Balaban J connectivity index is 1.60. The van der Waals surface area contributed by atoms with E-state index in [1.807, 2.05) is 6.92 Å². The summed E-state index contributed by atoms with van der Waals surface area (Å²) in [6.07, 6.45) is 4.31. The van der Waals surface area contributed by atoms with Gasteiger partial charge in [-0.2, -0.15) is 5.26 Å². The molecule has 1 saturated carbocycles. The Bertz CT molecular complexity index is 1060. The van der Waals surface area contributed by atoms with Crippen molar-refractivity contribution in [2.75, 3.05) is 19.0 Å². The normalized spacial score (nSPS) is 18.6. The van der Waals surface area contributed by atoms with E-state index in [0.29, 0.717) is 47.1 Å². The second-order valence-corrected chi connectivity index (χ2v) is 8.66. The fraction of sp³-hybridized carbons (Fsp3) is 0.417. The van der Waals surface area contributed by atoms with E-state index in [9.17, 15) is 14.9 Å². The fourth-order valence-electron chi connectivity index (χ4n) is 4.05. The number of carbonyl (C=O) groups is 2. The first-order chi connectivity index (χ1) is 15.8. The minimum absolute atomic E-state index is 0.251. The summed E-state index contributed by atoms with van der Waals surface area (Å²) in [4.78, 5) is 27.9. The number of amides is 1. The zero-order chi connectivity index (χ0) is 24.0. The predicted octanol–water partition coefficient (Wildman–Crippen LogP) is 4.41. The third kappa shape index (κ3) is 6.14. The maximum Gasteiger partial charge on any atom is 0.306 e. The molecular weight excluding hydrogens is 444 g/mol. The highest BCUT2D eigenvalue weighted by Crippen LogP contribution is 2.31. The molecule has 1 heterocycles. The van der Waals surface area contributed by atoms with Crippen molar-refractivity contribution in [3.05, 3.63) is 52.2 Å². The molecule has 1 aromatic carbocycles. The van der Waals surface area contributed by atoms with E-state index in [4.69, 9.17) is 21.4 Å². The van der Waals surface area contributed by atoms with E-state index in [-0.39, 0.29) is 23.8 Å². The van der Waals surface area contributed by atoms with Crippen molar-refractivity contribution in [3.8, 4) is 11.8 Å².